The first kappa shape index (κ1) is 22.9. The number of rotatable bonds is 5. The largest absolute Gasteiger partial charge is 0.497 e. The van der Waals surface area contributed by atoms with Crippen LogP contribution in [-0.2, 0) is 20.7 Å². The molecule has 0 radical (unpaired) electrons. The Labute approximate surface area is 197 Å². The molecule has 33 heavy (non-hydrogen) atoms. The molecule has 0 aliphatic heterocycles. The van der Waals surface area contributed by atoms with Crippen molar-refractivity contribution in [3.8, 4) is 5.75 Å². The summed E-state index contributed by atoms with van der Waals surface area (Å²) >= 11 is 0. The monoisotopic (exact) mass is 470 g/mol. The van der Waals surface area contributed by atoms with Gasteiger partial charge in [-0.2, -0.15) is 8.42 Å². The summed E-state index contributed by atoms with van der Waals surface area (Å²) in [4.78, 5) is 0.170. The van der Waals surface area contributed by atoms with Gasteiger partial charge in [0, 0.05) is 5.92 Å². The minimum absolute atomic E-state index is 0.0363. The summed E-state index contributed by atoms with van der Waals surface area (Å²) in [6.45, 7) is 4.16. The van der Waals surface area contributed by atoms with Crippen molar-refractivity contribution in [1.29, 1.82) is 0 Å². The van der Waals surface area contributed by atoms with E-state index >= 15 is 0 Å². The number of aryl methyl sites for hydroxylation is 2. The lowest BCUT2D eigenvalue weighted by Crippen LogP contribution is -2.44. The van der Waals surface area contributed by atoms with Gasteiger partial charge in [-0.15, -0.1) is 0 Å². The molecule has 2 aromatic rings. The summed E-state index contributed by atoms with van der Waals surface area (Å²) in [7, 11) is -2.12. The summed E-state index contributed by atoms with van der Waals surface area (Å²) in [6, 6.07) is 13.2. The zero-order chi connectivity index (χ0) is 23.4. The number of aliphatic hydroxyl groups is 1. The van der Waals surface area contributed by atoms with Crippen LogP contribution < -0.4 is 4.74 Å². The van der Waals surface area contributed by atoms with Gasteiger partial charge in [0.25, 0.3) is 10.1 Å². The molecule has 6 atom stereocenters. The number of ether oxygens (including phenoxy) is 1. The number of fused-ring (bicyclic) bond motifs is 5. The van der Waals surface area contributed by atoms with Gasteiger partial charge < -0.3 is 9.84 Å². The molecule has 178 valence electrons. The average molecular weight is 471 g/mol. The van der Waals surface area contributed by atoms with Crippen LogP contribution in [0.4, 0.5) is 0 Å². The van der Waals surface area contributed by atoms with Gasteiger partial charge in [-0.05, 0) is 97.6 Å². The topological polar surface area (TPSA) is 72.8 Å². The molecule has 5 nitrogen and oxygen atoms in total. The number of aliphatic hydroxyl groups excluding tert-OH is 1. The maximum Gasteiger partial charge on any atom is 0.296 e. The number of hydrogen-bond acceptors (Lipinski definition) is 5. The summed E-state index contributed by atoms with van der Waals surface area (Å²) in [6.07, 6.45) is 4.41. The third kappa shape index (κ3) is 3.90. The van der Waals surface area contributed by atoms with Crippen LogP contribution in [0.1, 0.15) is 55.2 Å². The van der Waals surface area contributed by atoms with E-state index in [1.165, 1.54) is 11.1 Å². The third-order valence-electron chi connectivity index (χ3n) is 8.80. The zero-order valence-electron chi connectivity index (χ0n) is 19.7. The molecule has 6 heteroatoms. The Kier molecular flexibility index (Phi) is 5.82. The minimum Gasteiger partial charge on any atom is -0.497 e. The van der Waals surface area contributed by atoms with Crippen molar-refractivity contribution in [2.24, 2.45) is 23.2 Å². The molecule has 3 aliphatic carbocycles. The van der Waals surface area contributed by atoms with Crippen molar-refractivity contribution in [1.82, 2.24) is 0 Å². The second kappa shape index (κ2) is 8.40. The predicted molar refractivity (Wildman–Crippen MR) is 127 cm³/mol. The standard InChI is InChI=1S/C27H34O5S/c1-17-4-8-21(9-5-17)33(29,30)32-16-19-15-25-24-10-6-18-14-20(31-3)7-11-22(18)23(24)12-13-27(25,2)26(19)28/h4-5,7-9,11,14,19,23-26,28H,6,10,12-13,15-16H2,1-3H3/t19-,23+,24+,25-,26-,27+/m0/s1. The molecule has 0 amide bonds. The predicted octanol–water partition coefficient (Wildman–Crippen LogP) is 4.85. The molecular weight excluding hydrogens is 436 g/mol. The van der Waals surface area contributed by atoms with Crippen LogP contribution in [0.5, 0.6) is 5.75 Å². The van der Waals surface area contributed by atoms with Crippen LogP contribution in [-0.4, -0.2) is 33.3 Å². The molecule has 0 unspecified atom stereocenters. The van der Waals surface area contributed by atoms with Gasteiger partial charge in [0.15, 0.2) is 0 Å². The number of hydrogen-bond donors (Lipinski definition) is 1. The van der Waals surface area contributed by atoms with E-state index in [0.29, 0.717) is 17.8 Å². The maximum atomic E-state index is 12.7. The van der Waals surface area contributed by atoms with E-state index in [2.05, 4.69) is 25.1 Å². The van der Waals surface area contributed by atoms with Crippen molar-refractivity contribution in [2.75, 3.05) is 13.7 Å². The normalized spacial score (nSPS) is 33.2. The van der Waals surface area contributed by atoms with Gasteiger partial charge in [0.1, 0.15) is 5.75 Å². The van der Waals surface area contributed by atoms with Crippen molar-refractivity contribution in [2.45, 2.75) is 62.9 Å². The van der Waals surface area contributed by atoms with E-state index in [1.54, 1.807) is 31.4 Å². The second-order valence-corrected chi connectivity index (χ2v) is 12.1. The molecule has 0 heterocycles. The van der Waals surface area contributed by atoms with E-state index in [0.717, 1.165) is 43.4 Å². The lowest BCUT2D eigenvalue weighted by atomic mass is 9.55. The molecule has 0 saturated heterocycles. The van der Waals surface area contributed by atoms with Gasteiger partial charge in [0.05, 0.1) is 24.7 Å². The molecule has 2 fully saturated rings. The summed E-state index contributed by atoms with van der Waals surface area (Å²) in [5.41, 5.74) is 3.64. The average Bonchev–Trinajstić information content (AvgIpc) is 3.07. The van der Waals surface area contributed by atoms with Gasteiger partial charge >= 0.3 is 0 Å². The maximum absolute atomic E-state index is 12.7. The molecule has 3 aliphatic rings. The second-order valence-electron chi connectivity index (χ2n) is 10.5. The van der Waals surface area contributed by atoms with E-state index in [1.807, 2.05) is 6.92 Å². The molecule has 0 aromatic heterocycles. The van der Waals surface area contributed by atoms with Crippen LogP contribution >= 0.6 is 0 Å². The van der Waals surface area contributed by atoms with Crippen molar-refractivity contribution in [3.05, 3.63) is 59.2 Å². The highest BCUT2D eigenvalue weighted by Crippen LogP contribution is 2.62. The molecule has 0 bridgehead atoms. The van der Waals surface area contributed by atoms with Crippen LogP contribution in [0, 0.1) is 30.1 Å². The van der Waals surface area contributed by atoms with Crippen molar-refractivity contribution in [3.63, 3.8) is 0 Å². The van der Waals surface area contributed by atoms with Gasteiger partial charge in [-0.1, -0.05) is 30.7 Å². The van der Waals surface area contributed by atoms with Crippen molar-refractivity contribution >= 4 is 10.1 Å². The lowest BCUT2D eigenvalue weighted by molar-refractivity contribution is -0.0365. The molecule has 5 rings (SSSR count). The fraction of sp³-hybridized carbons (Fsp3) is 0.556. The Balaban J connectivity index is 1.33. The Morgan fingerprint density at radius 1 is 1.12 bits per heavy atom. The first-order valence-corrected chi connectivity index (χ1v) is 13.4. The first-order valence-electron chi connectivity index (χ1n) is 12.0. The molecule has 2 aromatic carbocycles. The highest BCUT2D eigenvalue weighted by molar-refractivity contribution is 7.86. The third-order valence-corrected chi connectivity index (χ3v) is 10.1. The fourth-order valence-electron chi connectivity index (χ4n) is 6.95. The summed E-state index contributed by atoms with van der Waals surface area (Å²) < 4.78 is 36.3. The highest BCUT2D eigenvalue weighted by Gasteiger charge is 2.58. The SMILES string of the molecule is COc1ccc2c(c1)CC[C@@H]1[C@@H]2CC[C@@]2(C)[C@@H](O)[C@H](COS(=O)(=O)c3ccc(C)cc3)C[C@@H]12. The number of methoxy groups -OCH3 is 1. The van der Waals surface area contributed by atoms with Crippen LogP contribution in [0.15, 0.2) is 47.4 Å². The Morgan fingerprint density at radius 3 is 2.61 bits per heavy atom. The molecule has 0 spiro atoms. The van der Waals surface area contributed by atoms with E-state index in [-0.39, 0.29) is 22.8 Å². The van der Waals surface area contributed by atoms with Gasteiger partial charge in [-0.3, -0.25) is 4.18 Å². The summed E-state index contributed by atoms with van der Waals surface area (Å²) in [5.74, 6) is 2.13. The molecular formula is C27H34O5S. The van der Waals surface area contributed by atoms with Crippen LogP contribution in [0.3, 0.4) is 0 Å². The van der Waals surface area contributed by atoms with E-state index in [4.69, 9.17) is 8.92 Å². The summed E-state index contributed by atoms with van der Waals surface area (Å²) in [5, 5.41) is 11.3. The Morgan fingerprint density at radius 2 is 1.88 bits per heavy atom. The van der Waals surface area contributed by atoms with Crippen molar-refractivity contribution < 1.29 is 22.4 Å². The fourth-order valence-corrected chi connectivity index (χ4v) is 7.91. The van der Waals surface area contributed by atoms with E-state index < -0.39 is 16.2 Å². The zero-order valence-corrected chi connectivity index (χ0v) is 20.5. The minimum atomic E-state index is -3.83. The first-order chi connectivity index (χ1) is 15.7. The molecule has 1 N–H and O–H groups in total. The van der Waals surface area contributed by atoms with E-state index in [9.17, 15) is 13.5 Å². The number of benzene rings is 2. The Hall–Kier alpha value is -1.89. The Bertz CT molecular complexity index is 1130. The van der Waals surface area contributed by atoms with Crippen LogP contribution in [0.2, 0.25) is 0 Å². The van der Waals surface area contributed by atoms with Gasteiger partial charge in [0.2, 0.25) is 0 Å². The quantitative estimate of drug-likeness (QED) is 0.633. The van der Waals surface area contributed by atoms with Crippen LogP contribution in [0.25, 0.3) is 0 Å². The van der Waals surface area contributed by atoms with Gasteiger partial charge in [-0.25, -0.2) is 0 Å². The highest BCUT2D eigenvalue weighted by atomic mass is 32.2. The lowest BCUT2D eigenvalue weighted by Gasteiger charge is -2.50. The molecule has 2 saturated carbocycles. The smallest absolute Gasteiger partial charge is 0.296 e.